The lowest BCUT2D eigenvalue weighted by molar-refractivity contribution is -0.385. The summed E-state index contributed by atoms with van der Waals surface area (Å²) in [5.41, 5.74) is 0.906. The van der Waals surface area contributed by atoms with Gasteiger partial charge in [0.15, 0.2) is 0 Å². The molecule has 4 nitrogen and oxygen atoms in total. The molecule has 0 saturated carbocycles. The van der Waals surface area contributed by atoms with Crippen molar-refractivity contribution in [3.8, 4) is 0 Å². The SMILES string of the molecule is C[C@H]1CCCN1c1ccc([N+](=O)[O-])c(CF)c1. The van der Waals surface area contributed by atoms with Crippen LogP contribution < -0.4 is 4.90 Å². The summed E-state index contributed by atoms with van der Waals surface area (Å²) in [6.07, 6.45) is 2.23. The molecule has 0 N–H and O–H groups in total. The molecular formula is C12H15FN2O2. The molecule has 17 heavy (non-hydrogen) atoms. The van der Waals surface area contributed by atoms with Gasteiger partial charge in [-0.25, -0.2) is 4.39 Å². The van der Waals surface area contributed by atoms with Crippen molar-refractivity contribution in [1.29, 1.82) is 0 Å². The molecule has 0 spiro atoms. The van der Waals surface area contributed by atoms with Gasteiger partial charge >= 0.3 is 0 Å². The second-order valence-electron chi connectivity index (χ2n) is 4.39. The molecule has 1 aromatic carbocycles. The number of benzene rings is 1. The van der Waals surface area contributed by atoms with Crippen LogP contribution in [0, 0.1) is 10.1 Å². The number of nitro groups is 1. The van der Waals surface area contributed by atoms with E-state index in [-0.39, 0.29) is 11.3 Å². The van der Waals surface area contributed by atoms with Crippen LogP contribution >= 0.6 is 0 Å². The maximum Gasteiger partial charge on any atom is 0.275 e. The molecule has 0 unspecified atom stereocenters. The van der Waals surface area contributed by atoms with Gasteiger partial charge in [-0.2, -0.15) is 0 Å². The first-order valence-electron chi connectivity index (χ1n) is 5.73. The summed E-state index contributed by atoms with van der Waals surface area (Å²) in [7, 11) is 0. The fourth-order valence-corrected chi connectivity index (χ4v) is 2.35. The molecule has 0 amide bonds. The Bertz CT molecular complexity index is 437. The first kappa shape index (κ1) is 11.8. The van der Waals surface area contributed by atoms with Crippen LogP contribution in [0.25, 0.3) is 0 Å². The van der Waals surface area contributed by atoms with Gasteiger partial charge in [0.2, 0.25) is 0 Å². The van der Waals surface area contributed by atoms with Crippen LogP contribution in [0.3, 0.4) is 0 Å². The Hall–Kier alpha value is -1.65. The van der Waals surface area contributed by atoms with Crippen LogP contribution in [0.1, 0.15) is 25.3 Å². The third-order valence-corrected chi connectivity index (χ3v) is 3.29. The maximum absolute atomic E-state index is 12.8. The fourth-order valence-electron chi connectivity index (χ4n) is 2.35. The van der Waals surface area contributed by atoms with Gasteiger partial charge in [-0.15, -0.1) is 0 Å². The average molecular weight is 238 g/mol. The van der Waals surface area contributed by atoms with E-state index in [1.54, 1.807) is 12.1 Å². The number of halogens is 1. The molecule has 0 aliphatic carbocycles. The van der Waals surface area contributed by atoms with E-state index in [1.807, 2.05) is 0 Å². The topological polar surface area (TPSA) is 46.4 Å². The third kappa shape index (κ3) is 2.23. The van der Waals surface area contributed by atoms with E-state index >= 15 is 0 Å². The van der Waals surface area contributed by atoms with Gasteiger partial charge in [0.1, 0.15) is 6.67 Å². The van der Waals surface area contributed by atoms with E-state index < -0.39 is 11.6 Å². The summed E-state index contributed by atoms with van der Waals surface area (Å²) in [6.45, 7) is 2.25. The van der Waals surface area contributed by atoms with Gasteiger partial charge in [0.25, 0.3) is 5.69 Å². The normalized spacial score (nSPS) is 19.6. The molecule has 0 aromatic heterocycles. The molecule has 1 saturated heterocycles. The highest BCUT2D eigenvalue weighted by atomic mass is 19.1. The first-order chi connectivity index (χ1) is 8.13. The summed E-state index contributed by atoms with van der Waals surface area (Å²) in [5, 5.41) is 10.7. The van der Waals surface area contributed by atoms with Crippen LogP contribution in [0.5, 0.6) is 0 Å². The molecule has 92 valence electrons. The zero-order chi connectivity index (χ0) is 12.4. The second kappa shape index (κ2) is 4.69. The second-order valence-corrected chi connectivity index (χ2v) is 4.39. The number of alkyl halides is 1. The Morgan fingerprint density at radius 3 is 2.88 bits per heavy atom. The molecule has 1 aromatic rings. The van der Waals surface area contributed by atoms with E-state index in [1.165, 1.54) is 6.07 Å². The highest BCUT2D eigenvalue weighted by Crippen LogP contribution is 2.30. The number of rotatable bonds is 3. The van der Waals surface area contributed by atoms with Crippen molar-refractivity contribution in [3.63, 3.8) is 0 Å². The lowest BCUT2D eigenvalue weighted by Crippen LogP contribution is -2.26. The summed E-state index contributed by atoms with van der Waals surface area (Å²) in [5.74, 6) is 0. The number of anilines is 1. The van der Waals surface area contributed by atoms with E-state index in [9.17, 15) is 14.5 Å². The smallest absolute Gasteiger partial charge is 0.275 e. The highest BCUT2D eigenvalue weighted by molar-refractivity contribution is 5.56. The van der Waals surface area contributed by atoms with Gasteiger partial charge in [-0.3, -0.25) is 10.1 Å². The Morgan fingerprint density at radius 1 is 1.59 bits per heavy atom. The molecule has 5 heteroatoms. The summed E-state index contributed by atoms with van der Waals surface area (Å²) in [6, 6.07) is 5.12. The van der Waals surface area contributed by atoms with Gasteiger partial charge in [-0.1, -0.05) is 0 Å². The average Bonchev–Trinajstić information content (AvgIpc) is 2.74. The van der Waals surface area contributed by atoms with Gasteiger partial charge in [0, 0.05) is 24.3 Å². The van der Waals surface area contributed by atoms with Crippen molar-refractivity contribution in [1.82, 2.24) is 0 Å². The van der Waals surface area contributed by atoms with E-state index in [0.717, 1.165) is 25.1 Å². The molecular weight excluding hydrogens is 223 g/mol. The maximum atomic E-state index is 12.8. The van der Waals surface area contributed by atoms with Crippen LogP contribution in [0.4, 0.5) is 15.8 Å². The molecule has 1 atom stereocenters. The van der Waals surface area contributed by atoms with Gasteiger partial charge in [-0.05, 0) is 31.9 Å². The molecule has 1 fully saturated rings. The summed E-state index contributed by atoms with van der Waals surface area (Å²) in [4.78, 5) is 12.3. The van der Waals surface area contributed by atoms with Crippen molar-refractivity contribution in [2.24, 2.45) is 0 Å². The van der Waals surface area contributed by atoms with Gasteiger partial charge < -0.3 is 4.90 Å². The minimum absolute atomic E-state index is 0.136. The van der Waals surface area contributed by atoms with Crippen LogP contribution in [0.15, 0.2) is 18.2 Å². The van der Waals surface area contributed by atoms with E-state index in [2.05, 4.69) is 11.8 Å². The number of hydrogen-bond donors (Lipinski definition) is 0. The first-order valence-corrected chi connectivity index (χ1v) is 5.73. The van der Waals surface area contributed by atoms with Gasteiger partial charge in [0.05, 0.1) is 10.5 Å². The van der Waals surface area contributed by atoms with Crippen LogP contribution in [-0.4, -0.2) is 17.5 Å². The Balaban J connectivity index is 2.34. The van der Waals surface area contributed by atoms with Crippen molar-refractivity contribution >= 4 is 11.4 Å². The monoisotopic (exact) mass is 238 g/mol. The van der Waals surface area contributed by atoms with E-state index in [0.29, 0.717) is 6.04 Å². The Labute approximate surface area is 99.2 Å². The lowest BCUT2D eigenvalue weighted by Gasteiger charge is -2.24. The number of nitro benzene ring substituents is 1. The lowest BCUT2D eigenvalue weighted by atomic mass is 10.1. The quantitative estimate of drug-likeness (QED) is 0.600. The van der Waals surface area contributed by atoms with Crippen molar-refractivity contribution in [2.75, 3.05) is 11.4 Å². The van der Waals surface area contributed by atoms with E-state index in [4.69, 9.17) is 0 Å². The standard InChI is InChI=1S/C12H15FN2O2/c1-9-3-2-6-14(9)11-4-5-12(15(16)17)10(7-11)8-13/h4-5,7,9H,2-3,6,8H2,1H3/t9-/m0/s1. The van der Waals surface area contributed by atoms with Crippen molar-refractivity contribution < 1.29 is 9.31 Å². The summed E-state index contributed by atoms with van der Waals surface area (Å²) >= 11 is 0. The molecule has 0 radical (unpaired) electrons. The number of hydrogen-bond acceptors (Lipinski definition) is 3. The third-order valence-electron chi connectivity index (χ3n) is 3.29. The molecule has 1 aliphatic heterocycles. The largest absolute Gasteiger partial charge is 0.369 e. The van der Waals surface area contributed by atoms with Crippen LogP contribution in [0.2, 0.25) is 0 Å². The minimum atomic E-state index is -0.799. The number of nitrogens with zero attached hydrogens (tertiary/aromatic N) is 2. The predicted molar refractivity (Wildman–Crippen MR) is 64.0 cm³/mol. The molecule has 1 aliphatic rings. The zero-order valence-electron chi connectivity index (χ0n) is 9.73. The van der Waals surface area contributed by atoms with Crippen molar-refractivity contribution in [3.05, 3.63) is 33.9 Å². The predicted octanol–water partition coefficient (Wildman–Crippen LogP) is 3.05. The van der Waals surface area contributed by atoms with Crippen molar-refractivity contribution in [2.45, 2.75) is 32.5 Å². The molecule has 1 heterocycles. The Kier molecular flexibility index (Phi) is 3.26. The minimum Gasteiger partial charge on any atom is -0.369 e. The van der Waals surface area contributed by atoms with Crippen LogP contribution in [-0.2, 0) is 6.67 Å². The fraction of sp³-hybridized carbons (Fsp3) is 0.500. The Morgan fingerprint density at radius 2 is 2.35 bits per heavy atom. The zero-order valence-corrected chi connectivity index (χ0v) is 9.73. The summed E-state index contributed by atoms with van der Waals surface area (Å²) < 4.78 is 12.8. The highest BCUT2D eigenvalue weighted by Gasteiger charge is 2.22. The molecule has 0 bridgehead atoms. The molecule has 2 rings (SSSR count).